The first-order valence-electron chi connectivity index (χ1n) is 6.06. The molecular formula is C14H14Cl3NS. The summed E-state index contributed by atoms with van der Waals surface area (Å²) < 4.78 is 0.774. The zero-order valence-corrected chi connectivity index (χ0v) is 13.5. The maximum Gasteiger partial charge on any atom is 0.0931 e. The average molecular weight is 335 g/mol. The fraction of sp³-hybridized carbons (Fsp3) is 0.286. The van der Waals surface area contributed by atoms with E-state index in [-0.39, 0.29) is 6.04 Å². The normalized spacial score (nSPS) is 12.6. The van der Waals surface area contributed by atoms with Crippen LogP contribution in [0, 0.1) is 0 Å². The van der Waals surface area contributed by atoms with Crippen molar-refractivity contribution in [2.45, 2.75) is 19.4 Å². The fourth-order valence-corrected chi connectivity index (χ4v) is 3.45. The van der Waals surface area contributed by atoms with E-state index in [2.05, 4.69) is 12.2 Å². The van der Waals surface area contributed by atoms with Crippen LogP contribution in [-0.2, 0) is 0 Å². The molecule has 19 heavy (non-hydrogen) atoms. The predicted molar refractivity (Wildman–Crippen MR) is 85.9 cm³/mol. The molecule has 0 saturated heterocycles. The van der Waals surface area contributed by atoms with Gasteiger partial charge in [0, 0.05) is 4.88 Å². The summed E-state index contributed by atoms with van der Waals surface area (Å²) in [6, 6.07) is 9.67. The Kier molecular flexibility index (Phi) is 5.55. The summed E-state index contributed by atoms with van der Waals surface area (Å²) in [5.41, 5.74) is 0.987. The van der Waals surface area contributed by atoms with Gasteiger partial charge in [-0.1, -0.05) is 53.9 Å². The average Bonchev–Trinajstić information content (AvgIpc) is 2.81. The molecular weight excluding hydrogens is 321 g/mol. The molecule has 1 aromatic heterocycles. The van der Waals surface area contributed by atoms with Gasteiger partial charge in [-0.15, -0.1) is 11.3 Å². The first kappa shape index (κ1) is 15.1. The Balaban J connectivity index is 2.39. The molecule has 1 heterocycles. The zero-order valence-electron chi connectivity index (χ0n) is 10.4. The van der Waals surface area contributed by atoms with E-state index in [0.717, 1.165) is 27.7 Å². The standard InChI is InChI=1S/C14H14Cl3NS/c1-2-8-18-14(11-6-7-12(16)19-11)9-4-3-5-10(15)13(9)17/h3-7,14,18H,2,8H2,1H3. The molecule has 0 saturated carbocycles. The van der Waals surface area contributed by atoms with Crippen molar-refractivity contribution in [3.8, 4) is 0 Å². The molecule has 1 nitrogen and oxygen atoms in total. The molecule has 1 N–H and O–H groups in total. The number of thiophene rings is 1. The monoisotopic (exact) mass is 333 g/mol. The summed E-state index contributed by atoms with van der Waals surface area (Å²) in [5.74, 6) is 0. The highest BCUT2D eigenvalue weighted by atomic mass is 35.5. The molecule has 1 aromatic carbocycles. The molecule has 0 spiro atoms. The third kappa shape index (κ3) is 3.65. The summed E-state index contributed by atoms with van der Waals surface area (Å²) in [7, 11) is 0. The molecule has 2 rings (SSSR count). The van der Waals surface area contributed by atoms with E-state index in [1.165, 1.54) is 0 Å². The number of benzene rings is 1. The molecule has 0 aliphatic carbocycles. The number of hydrogen-bond donors (Lipinski definition) is 1. The molecule has 102 valence electrons. The van der Waals surface area contributed by atoms with Crippen LogP contribution in [0.25, 0.3) is 0 Å². The Morgan fingerprint density at radius 1 is 1.16 bits per heavy atom. The second-order valence-electron chi connectivity index (χ2n) is 4.17. The van der Waals surface area contributed by atoms with Gasteiger partial charge in [-0.05, 0) is 36.7 Å². The summed E-state index contributed by atoms with van der Waals surface area (Å²) in [5, 5.41) is 4.67. The van der Waals surface area contributed by atoms with Crippen molar-refractivity contribution in [1.29, 1.82) is 0 Å². The molecule has 1 atom stereocenters. The molecule has 0 fully saturated rings. The number of nitrogens with one attached hydrogen (secondary N) is 1. The SMILES string of the molecule is CCCNC(c1ccc(Cl)s1)c1cccc(Cl)c1Cl. The van der Waals surface area contributed by atoms with Crippen molar-refractivity contribution in [3.63, 3.8) is 0 Å². The lowest BCUT2D eigenvalue weighted by atomic mass is 10.1. The zero-order chi connectivity index (χ0) is 13.8. The molecule has 0 bridgehead atoms. The molecule has 5 heteroatoms. The van der Waals surface area contributed by atoms with Crippen LogP contribution in [0.5, 0.6) is 0 Å². The van der Waals surface area contributed by atoms with Crippen LogP contribution in [0.3, 0.4) is 0 Å². The Labute approximate surface area is 132 Å². The van der Waals surface area contributed by atoms with Crippen LogP contribution < -0.4 is 5.32 Å². The van der Waals surface area contributed by atoms with Crippen LogP contribution in [0.15, 0.2) is 30.3 Å². The van der Waals surface area contributed by atoms with E-state index in [9.17, 15) is 0 Å². The molecule has 0 radical (unpaired) electrons. The molecule has 1 unspecified atom stereocenters. The molecule has 0 aliphatic heterocycles. The van der Waals surface area contributed by atoms with Gasteiger partial charge in [-0.3, -0.25) is 0 Å². The van der Waals surface area contributed by atoms with Crippen LogP contribution in [0.2, 0.25) is 14.4 Å². The maximum absolute atomic E-state index is 6.32. The summed E-state index contributed by atoms with van der Waals surface area (Å²) >= 11 is 20.0. The lowest BCUT2D eigenvalue weighted by molar-refractivity contribution is 0.606. The highest BCUT2D eigenvalue weighted by Crippen LogP contribution is 2.36. The van der Waals surface area contributed by atoms with E-state index in [1.807, 2.05) is 24.3 Å². The molecule has 0 amide bonds. The van der Waals surface area contributed by atoms with Crippen LogP contribution in [0.1, 0.15) is 29.8 Å². The second-order valence-corrected chi connectivity index (χ2v) is 6.70. The Bertz CT molecular complexity index is 553. The summed E-state index contributed by atoms with van der Waals surface area (Å²) in [6.45, 7) is 3.04. The van der Waals surface area contributed by atoms with Gasteiger partial charge in [0.1, 0.15) is 0 Å². The Morgan fingerprint density at radius 3 is 2.58 bits per heavy atom. The molecule has 2 aromatic rings. The van der Waals surface area contributed by atoms with Gasteiger partial charge < -0.3 is 5.32 Å². The van der Waals surface area contributed by atoms with Crippen molar-refractivity contribution >= 4 is 46.1 Å². The lowest BCUT2D eigenvalue weighted by Gasteiger charge is -2.19. The third-order valence-electron chi connectivity index (χ3n) is 2.77. The van der Waals surface area contributed by atoms with Gasteiger partial charge in [0.05, 0.1) is 20.4 Å². The van der Waals surface area contributed by atoms with Crippen LogP contribution in [-0.4, -0.2) is 6.54 Å². The predicted octanol–water partition coefficient (Wildman–Crippen LogP) is 5.80. The quantitative estimate of drug-likeness (QED) is 0.729. The van der Waals surface area contributed by atoms with E-state index in [4.69, 9.17) is 34.8 Å². The lowest BCUT2D eigenvalue weighted by Crippen LogP contribution is -2.22. The van der Waals surface area contributed by atoms with Gasteiger partial charge in [0.15, 0.2) is 0 Å². The Morgan fingerprint density at radius 2 is 1.95 bits per heavy atom. The number of rotatable bonds is 5. The van der Waals surface area contributed by atoms with Gasteiger partial charge in [0.25, 0.3) is 0 Å². The van der Waals surface area contributed by atoms with Crippen molar-refractivity contribution in [2.24, 2.45) is 0 Å². The summed E-state index contributed by atoms with van der Waals surface area (Å²) in [6.07, 6.45) is 1.05. The largest absolute Gasteiger partial charge is 0.306 e. The van der Waals surface area contributed by atoms with Crippen LogP contribution >= 0.6 is 46.1 Å². The molecule has 0 aliphatic rings. The van der Waals surface area contributed by atoms with Gasteiger partial charge >= 0.3 is 0 Å². The Hall–Kier alpha value is -0.250. The van der Waals surface area contributed by atoms with Crippen molar-refractivity contribution in [2.75, 3.05) is 6.54 Å². The first-order valence-corrected chi connectivity index (χ1v) is 8.01. The smallest absolute Gasteiger partial charge is 0.0931 e. The second kappa shape index (κ2) is 6.96. The van der Waals surface area contributed by atoms with Crippen molar-refractivity contribution in [1.82, 2.24) is 5.32 Å². The third-order valence-corrected chi connectivity index (χ3v) is 4.90. The van der Waals surface area contributed by atoms with Crippen LogP contribution in [0.4, 0.5) is 0 Å². The van der Waals surface area contributed by atoms with Crippen molar-refractivity contribution < 1.29 is 0 Å². The minimum absolute atomic E-state index is 0.0312. The van der Waals surface area contributed by atoms with Crippen molar-refractivity contribution in [3.05, 3.63) is 55.2 Å². The maximum atomic E-state index is 6.32. The number of halogens is 3. The highest BCUT2D eigenvalue weighted by Gasteiger charge is 2.19. The highest BCUT2D eigenvalue weighted by molar-refractivity contribution is 7.16. The van der Waals surface area contributed by atoms with Gasteiger partial charge in [0.2, 0.25) is 0 Å². The van der Waals surface area contributed by atoms with E-state index in [1.54, 1.807) is 17.4 Å². The van der Waals surface area contributed by atoms with Gasteiger partial charge in [-0.25, -0.2) is 0 Å². The minimum atomic E-state index is 0.0312. The number of hydrogen-bond acceptors (Lipinski definition) is 2. The summed E-state index contributed by atoms with van der Waals surface area (Å²) in [4.78, 5) is 1.14. The minimum Gasteiger partial charge on any atom is -0.306 e. The van der Waals surface area contributed by atoms with E-state index >= 15 is 0 Å². The fourth-order valence-electron chi connectivity index (χ4n) is 1.88. The van der Waals surface area contributed by atoms with E-state index in [0.29, 0.717) is 10.0 Å². The van der Waals surface area contributed by atoms with Gasteiger partial charge in [-0.2, -0.15) is 0 Å². The topological polar surface area (TPSA) is 12.0 Å². The van der Waals surface area contributed by atoms with E-state index < -0.39 is 0 Å². The first-order chi connectivity index (χ1) is 9.13.